The normalized spacial score (nSPS) is 13.4. The second-order valence-corrected chi connectivity index (χ2v) is 2.70. The Labute approximate surface area is 70.2 Å². The monoisotopic (exact) mass is 153 g/mol. The van der Waals surface area contributed by atoms with E-state index in [1.54, 1.807) is 0 Å². The maximum Gasteiger partial charge on any atom is 0.0160 e. The molecule has 1 unspecified atom stereocenters. The Bertz CT molecular complexity index is 136. The second-order valence-electron chi connectivity index (χ2n) is 2.70. The van der Waals surface area contributed by atoms with E-state index in [4.69, 9.17) is 0 Å². The van der Waals surface area contributed by atoms with Gasteiger partial charge in [0.15, 0.2) is 0 Å². The lowest BCUT2D eigenvalue weighted by molar-refractivity contribution is 0.624. The van der Waals surface area contributed by atoms with Crippen LogP contribution in [-0.4, -0.2) is 7.05 Å². The van der Waals surface area contributed by atoms with E-state index >= 15 is 0 Å². The van der Waals surface area contributed by atoms with Gasteiger partial charge in [-0.1, -0.05) is 32.1 Å². The minimum atomic E-state index is 0.509. The van der Waals surface area contributed by atoms with Gasteiger partial charge in [-0.25, -0.2) is 0 Å². The molecule has 0 rings (SSSR count). The summed E-state index contributed by atoms with van der Waals surface area (Å²) in [5, 5.41) is 3.09. The molecular formula is C10H19N. The number of nitrogens with one attached hydrogen (secondary N) is 1. The highest BCUT2D eigenvalue weighted by atomic mass is 14.8. The van der Waals surface area contributed by atoms with E-state index in [9.17, 15) is 0 Å². The van der Waals surface area contributed by atoms with Crippen molar-refractivity contribution >= 4 is 0 Å². The minimum Gasteiger partial charge on any atom is -0.391 e. The van der Waals surface area contributed by atoms with Gasteiger partial charge in [0.05, 0.1) is 0 Å². The lowest BCUT2D eigenvalue weighted by Gasteiger charge is -2.13. The summed E-state index contributed by atoms with van der Waals surface area (Å²) in [6, 6.07) is 0. The van der Waals surface area contributed by atoms with Crippen LogP contribution in [0.1, 0.15) is 26.7 Å². The van der Waals surface area contributed by atoms with E-state index in [0.717, 1.165) is 5.70 Å². The molecule has 0 radical (unpaired) electrons. The van der Waals surface area contributed by atoms with E-state index in [1.165, 1.54) is 12.8 Å². The highest BCUT2D eigenvalue weighted by Crippen LogP contribution is 2.14. The first-order valence-corrected chi connectivity index (χ1v) is 4.25. The maximum absolute atomic E-state index is 3.95. The van der Waals surface area contributed by atoms with E-state index in [2.05, 4.69) is 31.0 Å². The van der Waals surface area contributed by atoms with E-state index < -0.39 is 0 Å². The summed E-state index contributed by atoms with van der Waals surface area (Å²) in [5.41, 5.74) is 1.12. The first kappa shape index (κ1) is 10.3. The zero-order valence-electron chi connectivity index (χ0n) is 7.85. The molecule has 0 aliphatic heterocycles. The number of hydrogen-bond acceptors (Lipinski definition) is 1. The van der Waals surface area contributed by atoms with Crippen molar-refractivity contribution in [1.29, 1.82) is 0 Å². The van der Waals surface area contributed by atoms with Gasteiger partial charge in [0.25, 0.3) is 0 Å². The first-order valence-electron chi connectivity index (χ1n) is 4.25. The molecule has 0 saturated heterocycles. The Balaban J connectivity index is 3.97. The topological polar surface area (TPSA) is 12.0 Å². The molecule has 0 saturated carbocycles. The molecule has 1 N–H and O–H groups in total. The molecular weight excluding hydrogens is 134 g/mol. The quantitative estimate of drug-likeness (QED) is 0.599. The van der Waals surface area contributed by atoms with Gasteiger partial charge in [0, 0.05) is 18.7 Å². The molecule has 0 aromatic heterocycles. The van der Waals surface area contributed by atoms with Gasteiger partial charge in [-0.05, 0) is 13.3 Å². The molecule has 1 nitrogen and oxygen atoms in total. The van der Waals surface area contributed by atoms with Crippen LogP contribution in [0.15, 0.2) is 24.4 Å². The number of rotatable bonds is 5. The van der Waals surface area contributed by atoms with E-state index in [0.29, 0.717) is 5.92 Å². The van der Waals surface area contributed by atoms with Crippen LogP contribution in [0.2, 0.25) is 0 Å². The Hall–Kier alpha value is -0.720. The summed E-state index contributed by atoms with van der Waals surface area (Å²) >= 11 is 0. The molecule has 0 amide bonds. The first-order chi connectivity index (χ1) is 5.26. The molecule has 64 valence electrons. The lowest BCUT2D eigenvalue weighted by atomic mass is 10.0. The van der Waals surface area contributed by atoms with Crippen molar-refractivity contribution in [3.8, 4) is 0 Å². The Morgan fingerprint density at radius 3 is 2.64 bits per heavy atom. The van der Waals surface area contributed by atoms with Gasteiger partial charge in [-0.2, -0.15) is 0 Å². The van der Waals surface area contributed by atoms with Crippen LogP contribution < -0.4 is 5.32 Å². The van der Waals surface area contributed by atoms with Crippen molar-refractivity contribution in [2.24, 2.45) is 5.92 Å². The average Bonchev–Trinajstić information content (AvgIpc) is 2.03. The Kier molecular flexibility index (Phi) is 5.63. The van der Waals surface area contributed by atoms with E-state index in [-0.39, 0.29) is 0 Å². The predicted octanol–water partition coefficient (Wildman–Crippen LogP) is 2.71. The van der Waals surface area contributed by atoms with Crippen LogP contribution in [0, 0.1) is 5.92 Å². The molecule has 0 fully saturated rings. The van der Waals surface area contributed by atoms with Crippen LogP contribution in [0.5, 0.6) is 0 Å². The van der Waals surface area contributed by atoms with Gasteiger partial charge >= 0.3 is 0 Å². The third-order valence-electron chi connectivity index (χ3n) is 1.79. The summed E-state index contributed by atoms with van der Waals surface area (Å²) < 4.78 is 0. The Morgan fingerprint density at radius 1 is 1.64 bits per heavy atom. The van der Waals surface area contributed by atoms with Crippen LogP contribution in [0.3, 0.4) is 0 Å². The molecule has 11 heavy (non-hydrogen) atoms. The standard InChI is InChI=1S/C10H19N/c1-5-7-10(8-6-2)9(3)11-4/h5,7,10-11H,3,6,8H2,1-2,4H3/b7-5-. The van der Waals surface area contributed by atoms with Crippen molar-refractivity contribution < 1.29 is 0 Å². The largest absolute Gasteiger partial charge is 0.391 e. The summed E-state index contributed by atoms with van der Waals surface area (Å²) in [4.78, 5) is 0. The van der Waals surface area contributed by atoms with Gasteiger partial charge in [0.2, 0.25) is 0 Å². The lowest BCUT2D eigenvalue weighted by Crippen LogP contribution is -2.13. The molecule has 0 heterocycles. The summed E-state index contributed by atoms with van der Waals surface area (Å²) in [7, 11) is 1.93. The van der Waals surface area contributed by atoms with Crippen LogP contribution in [0.4, 0.5) is 0 Å². The van der Waals surface area contributed by atoms with Gasteiger partial charge in [-0.15, -0.1) is 0 Å². The third-order valence-corrected chi connectivity index (χ3v) is 1.79. The molecule has 0 aromatic rings. The maximum atomic E-state index is 3.95. The fourth-order valence-electron chi connectivity index (χ4n) is 1.12. The molecule has 0 spiro atoms. The highest BCUT2D eigenvalue weighted by Gasteiger charge is 2.04. The zero-order valence-corrected chi connectivity index (χ0v) is 7.85. The molecule has 1 atom stereocenters. The van der Waals surface area contributed by atoms with Crippen LogP contribution >= 0.6 is 0 Å². The van der Waals surface area contributed by atoms with E-state index in [1.807, 2.05) is 14.0 Å². The van der Waals surface area contributed by atoms with Crippen molar-refractivity contribution in [3.63, 3.8) is 0 Å². The fraction of sp³-hybridized carbons (Fsp3) is 0.600. The smallest absolute Gasteiger partial charge is 0.0160 e. The molecule has 0 aliphatic rings. The molecule has 0 aromatic carbocycles. The van der Waals surface area contributed by atoms with Gasteiger partial charge in [0.1, 0.15) is 0 Å². The van der Waals surface area contributed by atoms with Crippen molar-refractivity contribution in [2.75, 3.05) is 7.05 Å². The molecule has 1 heteroatoms. The second kappa shape index (κ2) is 6.02. The number of hydrogen-bond donors (Lipinski definition) is 1. The molecule has 0 aliphatic carbocycles. The average molecular weight is 153 g/mol. The van der Waals surface area contributed by atoms with Crippen molar-refractivity contribution in [1.82, 2.24) is 5.32 Å². The van der Waals surface area contributed by atoms with Crippen LogP contribution in [0.25, 0.3) is 0 Å². The molecule has 0 bridgehead atoms. The summed E-state index contributed by atoms with van der Waals surface area (Å²) in [6.07, 6.45) is 6.67. The van der Waals surface area contributed by atoms with Crippen LogP contribution in [-0.2, 0) is 0 Å². The third kappa shape index (κ3) is 3.87. The van der Waals surface area contributed by atoms with Gasteiger partial charge in [-0.3, -0.25) is 0 Å². The summed E-state index contributed by atoms with van der Waals surface area (Å²) in [6.45, 7) is 8.19. The predicted molar refractivity (Wildman–Crippen MR) is 51.4 cm³/mol. The SMILES string of the molecule is C=C(NC)C(/C=C\C)CCC. The highest BCUT2D eigenvalue weighted by molar-refractivity contribution is 5.06. The van der Waals surface area contributed by atoms with Crippen molar-refractivity contribution in [3.05, 3.63) is 24.4 Å². The Morgan fingerprint density at radius 2 is 2.27 bits per heavy atom. The number of allylic oxidation sites excluding steroid dienone is 2. The zero-order chi connectivity index (χ0) is 8.69. The van der Waals surface area contributed by atoms with Crippen molar-refractivity contribution in [2.45, 2.75) is 26.7 Å². The van der Waals surface area contributed by atoms with Gasteiger partial charge < -0.3 is 5.32 Å². The summed E-state index contributed by atoms with van der Waals surface area (Å²) in [5.74, 6) is 0.509. The fourth-order valence-corrected chi connectivity index (χ4v) is 1.12. The minimum absolute atomic E-state index is 0.509.